The van der Waals surface area contributed by atoms with Gasteiger partial charge < -0.3 is 4.90 Å². The van der Waals surface area contributed by atoms with Crippen LogP contribution < -0.4 is 0 Å². The van der Waals surface area contributed by atoms with Gasteiger partial charge in [0.05, 0.1) is 11.4 Å². The van der Waals surface area contributed by atoms with Crippen molar-refractivity contribution in [3.8, 4) is 0 Å². The van der Waals surface area contributed by atoms with Gasteiger partial charge in [0.1, 0.15) is 5.92 Å². The van der Waals surface area contributed by atoms with Gasteiger partial charge in [0.2, 0.25) is 5.91 Å². The normalized spacial score (nSPS) is 14.8. The Bertz CT molecular complexity index is 525. The van der Waals surface area contributed by atoms with Crippen LogP contribution in [0, 0.1) is 0 Å². The van der Waals surface area contributed by atoms with Gasteiger partial charge >= 0.3 is 0 Å². The number of aromatic nitrogens is 2. The summed E-state index contributed by atoms with van der Waals surface area (Å²) >= 11 is 0. The fourth-order valence-corrected chi connectivity index (χ4v) is 2.62. The lowest BCUT2D eigenvalue weighted by atomic mass is 9.98. The molecule has 0 N–H and O–H groups in total. The molecule has 0 bridgehead atoms. The van der Waals surface area contributed by atoms with E-state index in [0.29, 0.717) is 0 Å². The SMILES string of the molecule is O=C(C(c1ccccn1)c1ccccn1)N1CCCC1. The number of amides is 1. The van der Waals surface area contributed by atoms with E-state index in [-0.39, 0.29) is 5.91 Å². The summed E-state index contributed by atoms with van der Waals surface area (Å²) in [5.74, 6) is -0.282. The number of carbonyl (C=O) groups excluding carboxylic acids is 1. The molecule has 0 spiro atoms. The van der Waals surface area contributed by atoms with Crippen molar-refractivity contribution < 1.29 is 4.79 Å². The molecule has 1 saturated heterocycles. The maximum absolute atomic E-state index is 12.8. The van der Waals surface area contributed by atoms with E-state index in [2.05, 4.69) is 9.97 Å². The average molecular weight is 267 g/mol. The standard InChI is InChI=1S/C16H17N3O/c20-16(19-11-5-6-12-19)15(13-7-1-3-9-17-13)14-8-2-4-10-18-14/h1-4,7-10,15H,5-6,11-12H2. The first-order valence-electron chi connectivity index (χ1n) is 6.97. The second-order valence-corrected chi connectivity index (χ2v) is 4.97. The Hall–Kier alpha value is -2.23. The van der Waals surface area contributed by atoms with Gasteiger partial charge in [0.15, 0.2) is 0 Å². The minimum Gasteiger partial charge on any atom is -0.342 e. The van der Waals surface area contributed by atoms with Crippen LogP contribution in [0.5, 0.6) is 0 Å². The van der Waals surface area contributed by atoms with Crippen LogP contribution in [-0.2, 0) is 4.79 Å². The van der Waals surface area contributed by atoms with Crippen molar-refractivity contribution in [1.29, 1.82) is 0 Å². The molecule has 4 heteroatoms. The molecule has 3 heterocycles. The van der Waals surface area contributed by atoms with Gasteiger partial charge in [-0.15, -0.1) is 0 Å². The zero-order valence-electron chi connectivity index (χ0n) is 11.3. The minimum atomic E-state index is -0.393. The number of carbonyl (C=O) groups is 1. The Morgan fingerprint density at radius 1 is 0.950 bits per heavy atom. The van der Waals surface area contributed by atoms with E-state index in [1.807, 2.05) is 41.3 Å². The lowest BCUT2D eigenvalue weighted by Crippen LogP contribution is -2.33. The quantitative estimate of drug-likeness (QED) is 0.856. The number of rotatable bonds is 3. The van der Waals surface area contributed by atoms with Crippen molar-refractivity contribution in [3.63, 3.8) is 0 Å². The van der Waals surface area contributed by atoms with Crippen LogP contribution in [0.1, 0.15) is 30.1 Å². The van der Waals surface area contributed by atoms with E-state index in [4.69, 9.17) is 0 Å². The fraction of sp³-hybridized carbons (Fsp3) is 0.312. The molecule has 2 aromatic heterocycles. The van der Waals surface area contributed by atoms with Gasteiger partial charge in [-0.3, -0.25) is 14.8 Å². The zero-order chi connectivity index (χ0) is 13.8. The Labute approximate surface area is 118 Å². The number of hydrogen-bond donors (Lipinski definition) is 0. The van der Waals surface area contributed by atoms with Crippen LogP contribution in [0.4, 0.5) is 0 Å². The first kappa shape index (κ1) is 12.8. The van der Waals surface area contributed by atoms with Gasteiger partial charge in [-0.05, 0) is 37.1 Å². The van der Waals surface area contributed by atoms with E-state index in [9.17, 15) is 4.79 Å². The minimum absolute atomic E-state index is 0.111. The van der Waals surface area contributed by atoms with Crippen molar-refractivity contribution in [2.45, 2.75) is 18.8 Å². The van der Waals surface area contributed by atoms with Crippen LogP contribution in [0.25, 0.3) is 0 Å². The monoisotopic (exact) mass is 267 g/mol. The summed E-state index contributed by atoms with van der Waals surface area (Å²) in [6, 6.07) is 11.3. The summed E-state index contributed by atoms with van der Waals surface area (Å²) in [6.07, 6.45) is 5.62. The molecule has 3 rings (SSSR count). The summed E-state index contributed by atoms with van der Waals surface area (Å²) in [6.45, 7) is 1.68. The highest BCUT2D eigenvalue weighted by Crippen LogP contribution is 2.25. The number of likely N-dealkylation sites (tertiary alicyclic amines) is 1. The summed E-state index contributed by atoms with van der Waals surface area (Å²) in [5, 5.41) is 0. The van der Waals surface area contributed by atoms with E-state index in [1.165, 1.54) is 0 Å². The van der Waals surface area contributed by atoms with Gasteiger partial charge in [-0.1, -0.05) is 12.1 Å². The van der Waals surface area contributed by atoms with E-state index in [0.717, 1.165) is 37.3 Å². The smallest absolute Gasteiger partial charge is 0.237 e. The lowest BCUT2D eigenvalue weighted by molar-refractivity contribution is -0.130. The molecule has 1 aliphatic rings. The third kappa shape index (κ3) is 2.54. The molecule has 102 valence electrons. The maximum Gasteiger partial charge on any atom is 0.237 e. The Morgan fingerprint density at radius 3 is 1.95 bits per heavy atom. The molecule has 1 aliphatic heterocycles. The topological polar surface area (TPSA) is 46.1 Å². The Kier molecular flexibility index (Phi) is 3.72. The highest BCUT2D eigenvalue weighted by Gasteiger charge is 2.30. The molecule has 0 unspecified atom stereocenters. The van der Waals surface area contributed by atoms with Crippen LogP contribution in [0.15, 0.2) is 48.8 Å². The molecule has 0 aliphatic carbocycles. The van der Waals surface area contributed by atoms with Crippen molar-refractivity contribution >= 4 is 5.91 Å². The molecule has 0 aromatic carbocycles. The van der Waals surface area contributed by atoms with Crippen LogP contribution in [0.2, 0.25) is 0 Å². The molecule has 0 radical (unpaired) electrons. The van der Waals surface area contributed by atoms with Crippen LogP contribution in [0.3, 0.4) is 0 Å². The molecule has 4 nitrogen and oxygen atoms in total. The first-order chi connectivity index (χ1) is 9.86. The van der Waals surface area contributed by atoms with Crippen molar-refractivity contribution in [1.82, 2.24) is 14.9 Å². The average Bonchev–Trinajstić information content (AvgIpc) is 3.04. The first-order valence-corrected chi connectivity index (χ1v) is 6.97. The molecule has 2 aromatic rings. The third-order valence-corrected chi connectivity index (χ3v) is 3.63. The van der Waals surface area contributed by atoms with Gasteiger partial charge in [-0.25, -0.2) is 0 Å². The highest BCUT2D eigenvalue weighted by atomic mass is 16.2. The number of nitrogens with zero attached hydrogens (tertiary/aromatic N) is 3. The fourth-order valence-electron chi connectivity index (χ4n) is 2.62. The second-order valence-electron chi connectivity index (χ2n) is 4.97. The van der Waals surface area contributed by atoms with Crippen molar-refractivity contribution in [2.75, 3.05) is 13.1 Å². The molecule has 20 heavy (non-hydrogen) atoms. The van der Waals surface area contributed by atoms with E-state index < -0.39 is 5.92 Å². The highest BCUT2D eigenvalue weighted by molar-refractivity contribution is 5.86. The van der Waals surface area contributed by atoms with Crippen LogP contribution in [-0.4, -0.2) is 33.9 Å². The third-order valence-electron chi connectivity index (χ3n) is 3.63. The van der Waals surface area contributed by atoms with Crippen LogP contribution >= 0.6 is 0 Å². The second kappa shape index (κ2) is 5.82. The number of hydrogen-bond acceptors (Lipinski definition) is 3. The molecular weight excluding hydrogens is 250 g/mol. The van der Waals surface area contributed by atoms with E-state index in [1.54, 1.807) is 12.4 Å². The molecule has 1 amide bonds. The molecule has 1 fully saturated rings. The zero-order valence-corrected chi connectivity index (χ0v) is 11.3. The van der Waals surface area contributed by atoms with Gasteiger partial charge in [-0.2, -0.15) is 0 Å². The Balaban J connectivity index is 1.97. The number of pyridine rings is 2. The Morgan fingerprint density at radius 2 is 1.50 bits per heavy atom. The predicted molar refractivity (Wildman–Crippen MR) is 76.1 cm³/mol. The molecular formula is C16H17N3O. The van der Waals surface area contributed by atoms with Gasteiger partial charge in [0, 0.05) is 25.5 Å². The predicted octanol–water partition coefficient (Wildman–Crippen LogP) is 2.23. The summed E-state index contributed by atoms with van der Waals surface area (Å²) in [5.41, 5.74) is 1.53. The maximum atomic E-state index is 12.8. The summed E-state index contributed by atoms with van der Waals surface area (Å²) in [7, 11) is 0. The van der Waals surface area contributed by atoms with Crippen molar-refractivity contribution in [3.05, 3.63) is 60.2 Å². The lowest BCUT2D eigenvalue weighted by Gasteiger charge is -2.22. The van der Waals surface area contributed by atoms with Gasteiger partial charge in [0.25, 0.3) is 0 Å². The largest absolute Gasteiger partial charge is 0.342 e. The van der Waals surface area contributed by atoms with E-state index >= 15 is 0 Å². The summed E-state index contributed by atoms with van der Waals surface area (Å²) < 4.78 is 0. The molecule has 0 saturated carbocycles. The summed E-state index contributed by atoms with van der Waals surface area (Å²) in [4.78, 5) is 23.4. The van der Waals surface area contributed by atoms with Crippen molar-refractivity contribution in [2.24, 2.45) is 0 Å². The molecule has 0 atom stereocenters.